The summed E-state index contributed by atoms with van der Waals surface area (Å²) in [7, 11) is -1.31. The summed E-state index contributed by atoms with van der Waals surface area (Å²) in [6.07, 6.45) is 0. The second-order valence-electron chi connectivity index (χ2n) is 6.55. The molecule has 0 saturated carbocycles. The molecule has 1 aromatic heterocycles. The number of hydrogen-bond acceptors (Lipinski definition) is 6. The van der Waals surface area contributed by atoms with Gasteiger partial charge >= 0.3 is 0 Å². The number of pyridine rings is 1. The van der Waals surface area contributed by atoms with Gasteiger partial charge in [0.15, 0.2) is 0 Å². The minimum atomic E-state index is -4.12. The smallest absolute Gasteiger partial charge is 0.262 e. The first kappa shape index (κ1) is 23.6. The van der Waals surface area contributed by atoms with E-state index in [2.05, 4.69) is 15.0 Å². The van der Waals surface area contributed by atoms with E-state index in [0.29, 0.717) is 17.3 Å². The summed E-state index contributed by atoms with van der Waals surface area (Å²) in [5.41, 5.74) is 0.780. The highest BCUT2D eigenvalue weighted by Crippen LogP contribution is 2.37. The fourth-order valence-electron chi connectivity index (χ4n) is 2.79. The van der Waals surface area contributed by atoms with E-state index in [0.717, 1.165) is 0 Å². The van der Waals surface area contributed by atoms with Gasteiger partial charge < -0.3 is 14.8 Å². The average Bonchev–Trinajstić information content (AvgIpc) is 2.73. The van der Waals surface area contributed by atoms with Gasteiger partial charge in [0.1, 0.15) is 17.3 Å². The van der Waals surface area contributed by atoms with Crippen molar-refractivity contribution in [1.82, 2.24) is 4.98 Å². The lowest BCUT2D eigenvalue weighted by molar-refractivity contribution is 0.102. The molecule has 0 unspecified atom stereocenters. The molecule has 0 fully saturated rings. The normalized spacial score (nSPS) is 11.0. The summed E-state index contributed by atoms with van der Waals surface area (Å²) in [6, 6.07) is 11.7. The maximum Gasteiger partial charge on any atom is 0.262 e. The predicted molar refractivity (Wildman–Crippen MR) is 124 cm³/mol. The van der Waals surface area contributed by atoms with Crippen molar-refractivity contribution in [2.24, 2.45) is 0 Å². The van der Waals surface area contributed by atoms with Crippen LogP contribution in [0.15, 0.2) is 53.4 Å². The monoisotopic (exact) mass is 495 g/mol. The van der Waals surface area contributed by atoms with Crippen LogP contribution in [0.2, 0.25) is 10.0 Å². The maximum atomic E-state index is 13.0. The van der Waals surface area contributed by atoms with Crippen molar-refractivity contribution in [3.8, 4) is 11.5 Å². The Kier molecular flexibility index (Phi) is 7.12. The first-order valence-corrected chi connectivity index (χ1v) is 11.4. The van der Waals surface area contributed by atoms with Crippen LogP contribution in [0.4, 0.5) is 11.5 Å². The number of nitrogens with zero attached hydrogens (tertiary/aromatic N) is 1. The highest BCUT2D eigenvalue weighted by Gasteiger charge is 2.22. The molecule has 2 aromatic carbocycles. The van der Waals surface area contributed by atoms with Crippen LogP contribution >= 0.6 is 23.2 Å². The minimum absolute atomic E-state index is 0.0300. The second kappa shape index (κ2) is 9.64. The van der Waals surface area contributed by atoms with E-state index in [1.807, 2.05) is 0 Å². The number of carbonyl (C=O) groups excluding carboxylic acids is 1. The molecule has 1 heterocycles. The van der Waals surface area contributed by atoms with E-state index < -0.39 is 15.9 Å². The zero-order valence-electron chi connectivity index (χ0n) is 17.3. The number of aromatic nitrogens is 1. The van der Waals surface area contributed by atoms with Crippen LogP contribution in [0.5, 0.6) is 11.5 Å². The summed E-state index contributed by atoms with van der Waals surface area (Å²) in [6.45, 7) is 1.78. The molecule has 2 N–H and O–H groups in total. The van der Waals surface area contributed by atoms with E-state index >= 15 is 0 Å². The van der Waals surface area contributed by atoms with E-state index in [4.69, 9.17) is 32.7 Å². The molecular formula is C21H19Cl2N3O5S. The number of halogens is 2. The van der Waals surface area contributed by atoms with Gasteiger partial charge in [0, 0.05) is 11.8 Å². The lowest BCUT2D eigenvalue weighted by Crippen LogP contribution is -2.17. The number of rotatable bonds is 7. The Balaban J connectivity index is 1.93. The summed E-state index contributed by atoms with van der Waals surface area (Å²) in [5, 5.41) is 2.88. The average molecular weight is 496 g/mol. The van der Waals surface area contributed by atoms with Crippen molar-refractivity contribution in [1.29, 1.82) is 0 Å². The van der Waals surface area contributed by atoms with Gasteiger partial charge in [-0.25, -0.2) is 13.4 Å². The summed E-state index contributed by atoms with van der Waals surface area (Å²) in [5.74, 6) is 0.235. The fraction of sp³-hybridized carbons (Fsp3) is 0.143. The lowest BCUT2D eigenvalue weighted by atomic mass is 10.2. The summed E-state index contributed by atoms with van der Waals surface area (Å²) < 4.78 is 38.7. The lowest BCUT2D eigenvalue weighted by Gasteiger charge is -2.15. The van der Waals surface area contributed by atoms with Crippen molar-refractivity contribution in [2.75, 3.05) is 24.3 Å². The molecule has 0 saturated heterocycles. The Morgan fingerprint density at radius 2 is 1.69 bits per heavy atom. The molecule has 168 valence electrons. The molecule has 0 aliphatic heterocycles. The van der Waals surface area contributed by atoms with Crippen LogP contribution in [0.3, 0.4) is 0 Å². The van der Waals surface area contributed by atoms with Crippen molar-refractivity contribution in [3.05, 3.63) is 69.8 Å². The third-order valence-electron chi connectivity index (χ3n) is 4.34. The molecule has 11 heteroatoms. The number of sulfonamides is 1. The number of amides is 1. The molecule has 0 aliphatic rings. The summed E-state index contributed by atoms with van der Waals surface area (Å²) in [4.78, 5) is 16.7. The quantitative estimate of drug-likeness (QED) is 0.488. The Labute approximate surface area is 195 Å². The van der Waals surface area contributed by atoms with Crippen LogP contribution in [-0.2, 0) is 10.0 Å². The van der Waals surface area contributed by atoms with Crippen molar-refractivity contribution < 1.29 is 22.7 Å². The zero-order valence-corrected chi connectivity index (χ0v) is 19.6. The highest BCUT2D eigenvalue weighted by molar-refractivity contribution is 7.92. The van der Waals surface area contributed by atoms with Crippen LogP contribution in [0.1, 0.15) is 16.1 Å². The SMILES string of the molecule is COc1cc(OC)c(NS(=O)(=O)c2ccc(Cl)c(C(=O)Nc3cccc(C)n3)c2)cc1Cl. The molecule has 3 aromatic rings. The number of carbonyl (C=O) groups is 1. The second-order valence-corrected chi connectivity index (χ2v) is 9.05. The largest absolute Gasteiger partial charge is 0.495 e. The topological polar surface area (TPSA) is 107 Å². The van der Waals surface area contributed by atoms with Gasteiger partial charge in [0.25, 0.3) is 15.9 Å². The Morgan fingerprint density at radius 3 is 2.34 bits per heavy atom. The standard InChI is InChI=1S/C21H19Cl2N3O5S/c1-12-5-4-6-20(24-12)25-21(27)14-9-13(7-8-15(14)22)32(28,29)26-17-10-16(23)18(30-2)11-19(17)31-3/h4-11,26H,1-3H3,(H,24,25,27). The Bertz CT molecular complexity index is 1280. The molecular weight excluding hydrogens is 477 g/mol. The van der Waals surface area contributed by atoms with E-state index in [1.54, 1.807) is 25.1 Å². The molecule has 3 rings (SSSR count). The number of methoxy groups -OCH3 is 2. The predicted octanol–water partition coefficient (Wildman–Crippen LogP) is 4.77. The number of ether oxygens (including phenoxy) is 2. The Morgan fingerprint density at radius 1 is 0.969 bits per heavy atom. The summed E-state index contributed by atoms with van der Waals surface area (Å²) >= 11 is 12.3. The van der Waals surface area contributed by atoms with Crippen LogP contribution in [0.25, 0.3) is 0 Å². The van der Waals surface area contributed by atoms with Gasteiger partial charge in [-0.1, -0.05) is 29.3 Å². The van der Waals surface area contributed by atoms with Crippen LogP contribution in [-0.4, -0.2) is 33.5 Å². The van der Waals surface area contributed by atoms with Crippen molar-refractivity contribution in [3.63, 3.8) is 0 Å². The number of benzene rings is 2. The first-order chi connectivity index (χ1) is 15.1. The molecule has 0 spiro atoms. The van der Waals surface area contributed by atoms with E-state index in [9.17, 15) is 13.2 Å². The number of anilines is 2. The van der Waals surface area contributed by atoms with E-state index in [1.165, 1.54) is 44.6 Å². The van der Waals surface area contributed by atoms with Gasteiger partial charge in [-0.05, 0) is 43.3 Å². The van der Waals surface area contributed by atoms with E-state index in [-0.39, 0.29) is 31.9 Å². The van der Waals surface area contributed by atoms with Gasteiger partial charge in [-0.3, -0.25) is 9.52 Å². The molecule has 0 radical (unpaired) electrons. The van der Waals surface area contributed by atoms with Gasteiger partial charge in [0.05, 0.1) is 40.4 Å². The highest BCUT2D eigenvalue weighted by atomic mass is 35.5. The zero-order chi connectivity index (χ0) is 23.5. The van der Waals surface area contributed by atoms with Gasteiger partial charge in [-0.2, -0.15) is 0 Å². The first-order valence-electron chi connectivity index (χ1n) is 9.13. The molecule has 0 bridgehead atoms. The third-order valence-corrected chi connectivity index (χ3v) is 6.33. The van der Waals surface area contributed by atoms with Gasteiger partial charge in [0.2, 0.25) is 0 Å². The molecule has 0 atom stereocenters. The Hall–Kier alpha value is -3.01. The molecule has 8 nitrogen and oxygen atoms in total. The van der Waals surface area contributed by atoms with Crippen molar-refractivity contribution in [2.45, 2.75) is 11.8 Å². The molecule has 0 aliphatic carbocycles. The van der Waals surface area contributed by atoms with Crippen LogP contribution in [0, 0.1) is 6.92 Å². The van der Waals surface area contributed by atoms with Crippen LogP contribution < -0.4 is 19.5 Å². The number of hydrogen-bond donors (Lipinski definition) is 2. The third kappa shape index (κ3) is 5.24. The molecule has 1 amide bonds. The fourth-order valence-corrected chi connectivity index (χ4v) is 4.32. The minimum Gasteiger partial charge on any atom is -0.495 e. The van der Waals surface area contributed by atoms with Crippen molar-refractivity contribution >= 4 is 50.6 Å². The maximum absolute atomic E-state index is 13.0. The number of nitrogens with one attached hydrogen (secondary N) is 2. The van der Waals surface area contributed by atoms with Gasteiger partial charge in [-0.15, -0.1) is 0 Å². The number of aryl methyl sites for hydroxylation is 1. The molecule has 32 heavy (non-hydrogen) atoms.